The fraction of sp³-hybridized carbons (Fsp3) is 0.676. The van der Waals surface area contributed by atoms with E-state index in [2.05, 4.69) is 67.1 Å². The van der Waals surface area contributed by atoms with Gasteiger partial charge in [-0.3, -0.25) is 19.2 Å². The molecular formula is C37H74N6O8. The largest absolute Gasteiger partial charge is 0.511 e. The fourth-order valence-corrected chi connectivity index (χ4v) is 3.81. The number of rotatable bonds is 26. The highest BCUT2D eigenvalue weighted by atomic mass is 16.4. The number of amides is 3. The van der Waals surface area contributed by atoms with Crippen LogP contribution in [0.2, 0.25) is 0 Å². The van der Waals surface area contributed by atoms with Crippen molar-refractivity contribution in [2.24, 2.45) is 5.73 Å². The predicted molar refractivity (Wildman–Crippen MR) is 209 cm³/mol. The molecule has 0 aromatic carbocycles. The van der Waals surface area contributed by atoms with Crippen LogP contribution in [0.4, 0.5) is 0 Å². The Morgan fingerprint density at radius 3 is 1.92 bits per heavy atom. The number of carbonyl (C=O) groups excluding carboxylic acids is 3. The molecule has 0 aromatic heterocycles. The third-order valence-electron chi connectivity index (χ3n) is 6.41. The molecule has 0 heterocycles. The predicted octanol–water partition coefficient (Wildman–Crippen LogP) is 3.57. The number of aliphatic hydroxyl groups is 3. The Balaban J connectivity index is -0.000000368. The maximum absolute atomic E-state index is 12.1. The van der Waals surface area contributed by atoms with Gasteiger partial charge in [0.1, 0.15) is 5.76 Å². The molecule has 0 spiro atoms. The molecule has 14 nitrogen and oxygen atoms in total. The van der Waals surface area contributed by atoms with Gasteiger partial charge in [0.05, 0.1) is 18.6 Å². The highest BCUT2D eigenvalue weighted by molar-refractivity contribution is 5.87. The van der Waals surface area contributed by atoms with Crippen LogP contribution < -0.4 is 32.3 Å². The molecule has 0 aromatic rings. The van der Waals surface area contributed by atoms with Crippen molar-refractivity contribution >= 4 is 23.7 Å². The summed E-state index contributed by atoms with van der Waals surface area (Å²) in [5, 5.41) is 46.3. The SMILES string of the molecule is C=C(O)C(CCNC(=O)CNC(=O)[C@@H](N)CCNCCCCCCCC)NC(=O)CCCC(=O)O.C=CC.C=CC/C(C)=C\NCC.CO.CO. The van der Waals surface area contributed by atoms with E-state index in [1.165, 1.54) is 37.7 Å². The van der Waals surface area contributed by atoms with Crippen molar-refractivity contribution in [3.8, 4) is 0 Å². The number of carbonyl (C=O) groups is 4. The lowest BCUT2D eigenvalue weighted by Gasteiger charge is -2.18. The van der Waals surface area contributed by atoms with Crippen LogP contribution in [-0.4, -0.2) is 103 Å². The normalized spacial score (nSPS) is 11.0. The van der Waals surface area contributed by atoms with Crippen molar-refractivity contribution in [3.63, 3.8) is 0 Å². The third-order valence-corrected chi connectivity index (χ3v) is 6.41. The number of allylic oxidation sites excluding steroid dienone is 3. The second-order valence-corrected chi connectivity index (χ2v) is 11.1. The third kappa shape index (κ3) is 48.4. The Morgan fingerprint density at radius 2 is 1.39 bits per heavy atom. The molecule has 0 bridgehead atoms. The Morgan fingerprint density at radius 1 is 0.804 bits per heavy atom. The first kappa shape index (κ1) is 56.6. The standard InChI is InChI=1S/C24H45N5O6.C8H15N.C3H6.2CH4O/c1-3-4-5-6-7-8-14-26-15-12-19(25)24(35)28-17-22(32)27-16-13-20(18(2)30)29-21(31)10-9-11-23(33)34;1-4-6-8(3)7-9-5-2;1-3-2;2*1-2/h19-20,26,30H,2-17,25H2,1H3,(H,27,32)(H,28,35)(H,29,31)(H,33,34);4,7,9H,1,5-6H2,2-3H3;3H,1H2,2H3;2*2H,1H3/b;8-7-;;;/t19-,20?;;;;/m0..../s1. The number of nitrogens with two attached hydrogens (primary N) is 1. The second-order valence-electron chi connectivity index (χ2n) is 11.1. The molecule has 0 aliphatic rings. The summed E-state index contributed by atoms with van der Waals surface area (Å²) >= 11 is 0. The van der Waals surface area contributed by atoms with Gasteiger partial charge in [-0.1, -0.05) is 63.3 Å². The Bertz CT molecular complexity index is 916. The van der Waals surface area contributed by atoms with E-state index >= 15 is 0 Å². The van der Waals surface area contributed by atoms with Gasteiger partial charge in [0.2, 0.25) is 17.7 Å². The van der Waals surface area contributed by atoms with E-state index in [0.717, 1.165) is 40.2 Å². The van der Waals surface area contributed by atoms with Crippen molar-refractivity contribution in [2.75, 3.05) is 46.9 Å². The maximum Gasteiger partial charge on any atom is 0.303 e. The molecule has 0 fully saturated rings. The fourth-order valence-electron chi connectivity index (χ4n) is 3.81. The number of carboxylic acids is 1. The monoisotopic (exact) mass is 731 g/mol. The molecule has 1 unspecified atom stereocenters. The second kappa shape index (κ2) is 46.3. The summed E-state index contributed by atoms with van der Waals surface area (Å²) in [7, 11) is 2.00. The van der Waals surface area contributed by atoms with Crippen LogP contribution in [0.15, 0.2) is 49.4 Å². The van der Waals surface area contributed by atoms with Crippen molar-refractivity contribution in [3.05, 3.63) is 49.4 Å². The number of carboxylic acid groups (broad SMARTS) is 1. The number of hydrogen-bond donors (Lipinski definition) is 10. The smallest absolute Gasteiger partial charge is 0.303 e. The van der Waals surface area contributed by atoms with Crippen LogP contribution in [0.3, 0.4) is 0 Å². The average Bonchev–Trinajstić information content (AvgIpc) is 3.10. The molecule has 0 aliphatic heterocycles. The summed E-state index contributed by atoms with van der Waals surface area (Å²) in [6, 6.07) is -1.49. The van der Waals surface area contributed by atoms with E-state index in [-0.39, 0.29) is 44.5 Å². The molecule has 14 heteroatoms. The molecule has 51 heavy (non-hydrogen) atoms. The number of aliphatic hydroxyl groups excluding tert-OH is 3. The number of unbranched alkanes of at least 4 members (excludes halogenated alkanes) is 5. The molecule has 0 radical (unpaired) electrons. The number of aliphatic carboxylic acids is 1. The van der Waals surface area contributed by atoms with Gasteiger partial charge in [0.15, 0.2) is 0 Å². The Kier molecular flexibility index (Phi) is 51.4. The van der Waals surface area contributed by atoms with E-state index in [1.807, 2.05) is 19.2 Å². The highest BCUT2D eigenvalue weighted by Crippen LogP contribution is 2.04. The van der Waals surface area contributed by atoms with Gasteiger partial charge < -0.3 is 52.7 Å². The Hall–Kier alpha value is -3.72. The van der Waals surface area contributed by atoms with E-state index in [0.29, 0.717) is 13.0 Å². The summed E-state index contributed by atoms with van der Waals surface area (Å²) < 4.78 is 0. The molecule has 0 aliphatic carbocycles. The van der Waals surface area contributed by atoms with Crippen LogP contribution in [0.1, 0.15) is 105 Å². The van der Waals surface area contributed by atoms with Gasteiger partial charge in [0, 0.05) is 40.2 Å². The lowest BCUT2D eigenvalue weighted by Crippen LogP contribution is -2.46. The minimum Gasteiger partial charge on any atom is -0.511 e. The first-order valence-corrected chi connectivity index (χ1v) is 17.8. The van der Waals surface area contributed by atoms with E-state index in [9.17, 15) is 24.3 Å². The van der Waals surface area contributed by atoms with Crippen molar-refractivity contribution in [1.29, 1.82) is 0 Å². The highest BCUT2D eigenvalue weighted by Gasteiger charge is 2.17. The number of hydrogen-bond acceptors (Lipinski definition) is 10. The number of nitrogens with one attached hydrogen (secondary N) is 5. The lowest BCUT2D eigenvalue weighted by atomic mass is 10.1. The van der Waals surface area contributed by atoms with Gasteiger partial charge in [-0.05, 0) is 72.2 Å². The minimum absolute atomic E-state index is 0.00327. The van der Waals surface area contributed by atoms with Crippen LogP contribution in [0.5, 0.6) is 0 Å². The quantitative estimate of drug-likeness (QED) is 0.0351. The van der Waals surface area contributed by atoms with Crippen molar-refractivity contribution < 1.29 is 39.6 Å². The summed E-state index contributed by atoms with van der Waals surface area (Å²) in [5.74, 6) is -2.51. The molecule has 11 N–H and O–H groups in total. The van der Waals surface area contributed by atoms with Crippen LogP contribution in [-0.2, 0) is 19.2 Å². The zero-order valence-electron chi connectivity index (χ0n) is 32.5. The summed E-state index contributed by atoms with van der Waals surface area (Å²) in [5.41, 5.74) is 7.20. The van der Waals surface area contributed by atoms with E-state index < -0.39 is 35.8 Å². The summed E-state index contributed by atoms with van der Waals surface area (Å²) in [4.78, 5) is 46.4. The summed E-state index contributed by atoms with van der Waals surface area (Å²) in [6.07, 6.45) is 14.7. The minimum atomic E-state index is -0.989. The van der Waals surface area contributed by atoms with E-state index in [4.69, 9.17) is 21.1 Å². The van der Waals surface area contributed by atoms with Crippen molar-refractivity contribution in [1.82, 2.24) is 26.6 Å². The van der Waals surface area contributed by atoms with Gasteiger partial charge in [-0.25, -0.2) is 0 Å². The summed E-state index contributed by atoms with van der Waals surface area (Å²) in [6.45, 7) is 21.1. The zero-order chi connectivity index (χ0) is 40.3. The van der Waals surface area contributed by atoms with Gasteiger partial charge >= 0.3 is 5.97 Å². The lowest BCUT2D eigenvalue weighted by molar-refractivity contribution is -0.137. The molecule has 0 rings (SSSR count). The topological polar surface area (TPSA) is 235 Å². The molecule has 300 valence electrons. The molecule has 3 amide bonds. The zero-order valence-corrected chi connectivity index (χ0v) is 32.5. The van der Waals surface area contributed by atoms with Gasteiger partial charge in [-0.2, -0.15) is 0 Å². The molecule has 2 atom stereocenters. The van der Waals surface area contributed by atoms with Crippen LogP contribution in [0, 0.1) is 0 Å². The molecule has 0 saturated heterocycles. The van der Waals surface area contributed by atoms with Crippen LogP contribution >= 0.6 is 0 Å². The molecular weight excluding hydrogens is 656 g/mol. The van der Waals surface area contributed by atoms with Crippen LogP contribution in [0.25, 0.3) is 0 Å². The first-order chi connectivity index (χ1) is 24.4. The first-order valence-electron chi connectivity index (χ1n) is 17.8. The van der Waals surface area contributed by atoms with Gasteiger partial charge in [-0.15, -0.1) is 13.2 Å². The van der Waals surface area contributed by atoms with Gasteiger partial charge in [0.25, 0.3) is 0 Å². The Labute approximate surface area is 308 Å². The average molecular weight is 731 g/mol. The van der Waals surface area contributed by atoms with Crippen molar-refractivity contribution in [2.45, 2.75) is 117 Å². The maximum atomic E-state index is 12.1. The van der Waals surface area contributed by atoms with E-state index in [1.54, 1.807) is 6.08 Å². The molecule has 0 saturated carbocycles.